The Hall–Kier alpha value is -2.66. The van der Waals surface area contributed by atoms with Crippen molar-refractivity contribution in [3.05, 3.63) is 65.7 Å². The van der Waals surface area contributed by atoms with Gasteiger partial charge in [0.05, 0.1) is 19.1 Å². The Kier molecular flexibility index (Phi) is 5.46. The lowest BCUT2D eigenvalue weighted by Gasteiger charge is -2.31. The van der Waals surface area contributed by atoms with Crippen LogP contribution in [0.4, 0.5) is 5.69 Å². The second-order valence-electron chi connectivity index (χ2n) is 6.22. The topological polar surface area (TPSA) is 58.6 Å². The van der Waals surface area contributed by atoms with Gasteiger partial charge >= 0.3 is 0 Å². The molecule has 5 nitrogen and oxygen atoms in total. The zero-order valence-corrected chi connectivity index (χ0v) is 14.3. The molecule has 2 aromatic carbocycles. The summed E-state index contributed by atoms with van der Waals surface area (Å²) in [6.45, 7) is 3.75. The number of morpholine rings is 1. The van der Waals surface area contributed by atoms with Gasteiger partial charge in [-0.3, -0.25) is 9.59 Å². The lowest BCUT2D eigenvalue weighted by atomic mass is 10.1. The molecule has 0 spiro atoms. The van der Waals surface area contributed by atoms with Crippen molar-refractivity contribution >= 4 is 17.5 Å². The molecule has 0 radical (unpaired) electrons. The first kappa shape index (κ1) is 17.2. The monoisotopic (exact) mass is 338 g/mol. The molecular weight excluding hydrogens is 316 g/mol. The Bertz CT molecular complexity index is 728. The van der Waals surface area contributed by atoms with E-state index in [0.717, 1.165) is 5.56 Å². The Morgan fingerprint density at radius 2 is 1.84 bits per heavy atom. The highest BCUT2D eigenvalue weighted by molar-refractivity contribution is 5.96. The zero-order valence-electron chi connectivity index (χ0n) is 14.3. The third-order valence-electron chi connectivity index (χ3n) is 4.15. The van der Waals surface area contributed by atoms with Gasteiger partial charge in [-0.05, 0) is 36.8 Å². The molecule has 0 bridgehead atoms. The number of rotatable bonds is 4. The SMILES string of the molecule is CC1CN(C(=O)c2ccc(NC(=O)Cc3ccccc3)cc2)CCO1. The average Bonchev–Trinajstić information content (AvgIpc) is 2.62. The molecule has 2 amide bonds. The van der Waals surface area contributed by atoms with Crippen LogP contribution in [0.3, 0.4) is 0 Å². The Morgan fingerprint density at radius 1 is 1.12 bits per heavy atom. The third kappa shape index (κ3) is 4.67. The van der Waals surface area contributed by atoms with E-state index in [4.69, 9.17) is 4.74 Å². The van der Waals surface area contributed by atoms with Crippen molar-refractivity contribution in [3.63, 3.8) is 0 Å². The molecule has 3 rings (SSSR count). The van der Waals surface area contributed by atoms with Crippen LogP contribution in [0.1, 0.15) is 22.8 Å². The zero-order chi connectivity index (χ0) is 17.6. The Labute approximate surface area is 147 Å². The summed E-state index contributed by atoms with van der Waals surface area (Å²) >= 11 is 0. The van der Waals surface area contributed by atoms with Crippen molar-refractivity contribution in [2.24, 2.45) is 0 Å². The quantitative estimate of drug-likeness (QED) is 0.932. The van der Waals surface area contributed by atoms with Gasteiger partial charge in [-0.2, -0.15) is 0 Å². The summed E-state index contributed by atoms with van der Waals surface area (Å²) in [6, 6.07) is 16.6. The smallest absolute Gasteiger partial charge is 0.254 e. The normalized spacial score (nSPS) is 17.2. The maximum absolute atomic E-state index is 12.5. The van der Waals surface area contributed by atoms with Gasteiger partial charge in [0.15, 0.2) is 0 Å². The summed E-state index contributed by atoms with van der Waals surface area (Å²) in [6.07, 6.45) is 0.391. The molecule has 1 unspecified atom stereocenters. The molecule has 1 saturated heterocycles. The lowest BCUT2D eigenvalue weighted by molar-refractivity contribution is -0.115. The number of nitrogens with one attached hydrogen (secondary N) is 1. The van der Waals surface area contributed by atoms with Crippen LogP contribution in [0.15, 0.2) is 54.6 Å². The van der Waals surface area contributed by atoms with Gasteiger partial charge in [-0.25, -0.2) is 0 Å². The van der Waals surface area contributed by atoms with Crippen LogP contribution < -0.4 is 5.32 Å². The summed E-state index contributed by atoms with van der Waals surface area (Å²) in [4.78, 5) is 26.4. The molecule has 1 aliphatic heterocycles. The second-order valence-corrected chi connectivity index (χ2v) is 6.22. The summed E-state index contributed by atoms with van der Waals surface area (Å²) in [5, 5.41) is 2.86. The van der Waals surface area contributed by atoms with Gasteiger partial charge < -0.3 is 15.0 Å². The van der Waals surface area contributed by atoms with E-state index in [1.54, 1.807) is 29.2 Å². The molecule has 1 heterocycles. The first-order valence-corrected chi connectivity index (χ1v) is 8.46. The van der Waals surface area contributed by atoms with Crippen molar-refractivity contribution in [2.75, 3.05) is 25.0 Å². The van der Waals surface area contributed by atoms with Crippen LogP contribution in [0.5, 0.6) is 0 Å². The van der Waals surface area contributed by atoms with E-state index in [9.17, 15) is 9.59 Å². The maximum atomic E-state index is 12.5. The molecule has 0 saturated carbocycles. The van der Waals surface area contributed by atoms with Gasteiger partial charge in [-0.1, -0.05) is 30.3 Å². The molecule has 1 aliphatic rings. The molecule has 1 N–H and O–H groups in total. The van der Waals surface area contributed by atoms with Gasteiger partial charge in [0, 0.05) is 24.3 Å². The van der Waals surface area contributed by atoms with E-state index in [0.29, 0.717) is 37.4 Å². The molecule has 2 aromatic rings. The average molecular weight is 338 g/mol. The van der Waals surface area contributed by atoms with Gasteiger partial charge in [0.25, 0.3) is 5.91 Å². The van der Waals surface area contributed by atoms with Crippen LogP contribution in [-0.4, -0.2) is 42.5 Å². The van der Waals surface area contributed by atoms with Crippen molar-refractivity contribution in [1.29, 1.82) is 0 Å². The standard InChI is InChI=1S/C20H22N2O3/c1-15-14-22(11-12-25-15)20(24)17-7-9-18(10-8-17)21-19(23)13-16-5-3-2-4-6-16/h2-10,15H,11-14H2,1H3,(H,21,23). The van der Waals surface area contributed by atoms with Crippen LogP contribution in [0.25, 0.3) is 0 Å². The third-order valence-corrected chi connectivity index (χ3v) is 4.15. The lowest BCUT2D eigenvalue weighted by Crippen LogP contribution is -2.44. The van der Waals surface area contributed by atoms with Crippen molar-refractivity contribution < 1.29 is 14.3 Å². The van der Waals surface area contributed by atoms with E-state index in [2.05, 4.69) is 5.32 Å². The molecule has 0 aliphatic carbocycles. The van der Waals surface area contributed by atoms with E-state index < -0.39 is 0 Å². The Morgan fingerprint density at radius 3 is 2.52 bits per heavy atom. The van der Waals surface area contributed by atoms with E-state index in [-0.39, 0.29) is 17.9 Å². The fraction of sp³-hybridized carbons (Fsp3) is 0.300. The number of hydrogen-bond donors (Lipinski definition) is 1. The summed E-state index contributed by atoms with van der Waals surface area (Å²) < 4.78 is 5.46. The number of ether oxygens (including phenoxy) is 1. The number of anilines is 1. The van der Waals surface area contributed by atoms with E-state index in [1.165, 1.54) is 0 Å². The highest BCUT2D eigenvalue weighted by atomic mass is 16.5. The van der Waals surface area contributed by atoms with Gasteiger partial charge in [-0.15, -0.1) is 0 Å². The van der Waals surface area contributed by atoms with Crippen LogP contribution >= 0.6 is 0 Å². The molecule has 25 heavy (non-hydrogen) atoms. The molecule has 1 atom stereocenters. The molecule has 5 heteroatoms. The van der Waals surface area contributed by atoms with Crippen molar-refractivity contribution in [2.45, 2.75) is 19.4 Å². The first-order valence-electron chi connectivity index (χ1n) is 8.46. The highest BCUT2D eigenvalue weighted by Crippen LogP contribution is 2.14. The second kappa shape index (κ2) is 7.94. The number of carbonyl (C=O) groups excluding carboxylic acids is 2. The minimum Gasteiger partial charge on any atom is -0.375 e. The van der Waals surface area contributed by atoms with Crippen molar-refractivity contribution in [1.82, 2.24) is 4.90 Å². The summed E-state index contributed by atoms with van der Waals surface area (Å²) in [5.74, 6) is -0.0791. The highest BCUT2D eigenvalue weighted by Gasteiger charge is 2.22. The molecule has 0 aromatic heterocycles. The molecule has 130 valence electrons. The van der Waals surface area contributed by atoms with Crippen LogP contribution in [0.2, 0.25) is 0 Å². The number of amides is 2. The number of carbonyl (C=O) groups is 2. The summed E-state index contributed by atoms with van der Waals surface area (Å²) in [7, 11) is 0. The fourth-order valence-electron chi connectivity index (χ4n) is 2.87. The predicted octanol–water partition coefficient (Wildman–Crippen LogP) is 2.73. The van der Waals surface area contributed by atoms with Crippen LogP contribution in [-0.2, 0) is 16.0 Å². The number of nitrogens with zero attached hydrogens (tertiary/aromatic N) is 1. The van der Waals surface area contributed by atoms with Crippen LogP contribution in [0, 0.1) is 0 Å². The fourth-order valence-corrected chi connectivity index (χ4v) is 2.87. The van der Waals surface area contributed by atoms with Gasteiger partial charge in [0.2, 0.25) is 5.91 Å². The van der Waals surface area contributed by atoms with E-state index in [1.807, 2.05) is 37.3 Å². The minimum absolute atomic E-state index is 0.00249. The maximum Gasteiger partial charge on any atom is 0.254 e. The number of benzene rings is 2. The molecule has 1 fully saturated rings. The minimum atomic E-state index is -0.0766. The van der Waals surface area contributed by atoms with Gasteiger partial charge in [0.1, 0.15) is 0 Å². The summed E-state index contributed by atoms with van der Waals surface area (Å²) in [5.41, 5.74) is 2.27. The predicted molar refractivity (Wildman–Crippen MR) is 96.5 cm³/mol. The largest absolute Gasteiger partial charge is 0.375 e. The first-order chi connectivity index (χ1) is 12.1. The molecular formula is C20H22N2O3. The van der Waals surface area contributed by atoms with Crippen molar-refractivity contribution in [3.8, 4) is 0 Å². The Balaban J connectivity index is 1.58. The van der Waals surface area contributed by atoms with E-state index >= 15 is 0 Å². The number of hydrogen-bond acceptors (Lipinski definition) is 3.